The number of ether oxygens (including phenoxy) is 1. The smallest absolute Gasteiger partial charge is 0.318 e. The van der Waals surface area contributed by atoms with E-state index in [2.05, 4.69) is 34.4 Å². The van der Waals surface area contributed by atoms with Crippen LogP contribution < -0.4 is 14.5 Å². The lowest BCUT2D eigenvalue weighted by Gasteiger charge is -2.42. The zero-order valence-corrected chi connectivity index (χ0v) is 22.8. The number of likely N-dealkylation sites (N-methyl/N-ethyl adjacent to an activating group) is 1. The number of nitriles is 1. The molecule has 2 fully saturated rings. The SMILES string of the molecule is C=CC(=O)N1CCN(c2nc(OC[C@@H]3CCCN3C)nc3c2CCN(c2cccc(F)c2C)C3)CC1CC#N. The minimum Gasteiger partial charge on any atom is -0.462 e. The molecule has 1 aromatic carbocycles. The van der Waals surface area contributed by atoms with Crippen LogP contribution in [0.15, 0.2) is 30.9 Å². The number of halogens is 1. The van der Waals surface area contributed by atoms with Gasteiger partial charge in [-0.25, -0.2) is 4.39 Å². The fourth-order valence-electron chi connectivity index (χ4n) is 5.95. The summed E-state index contributed by atoms with van der Waals surface area (Å²) in [5, 5.41) is 9.44. The molecule has 0 bridgehead atoms. The summed E-state index contributed by atoms with van der Waals surface area (Å²) in [5.74, 6) is 0.423. The third kappa shape index (κ3) is 5.55. The number of piperazine rings is 1. The lowest BCUT2D eigenvalue weighted by atomic mass is 10.0. The fourth-order valence-corrected chi connectivity index (χ4v) is 5.95. The molecule has 206 valence electrons. The summed E-state index contributed by atoms with van der Waals surface area (Å²) in [6.07, 6.45) is 4.46. The molecule has 0 saturated carbocycles. The summed E-state index contributed by atoms with van der Waals surface area (Å²) >= 11 is 0. The molecule has 2 aromatic rings. The minimum absolute atomic E-state index is 0.162. The Morgan fingerprint density at radius 3 is 2.82 bits per heavy atom. The predicted octanol–water partition coefficient (Wildman–Crippen LogP) is 3.08. The second-order valence-corrected chi connectivity index (χ2v) is 10.6. The second kappa shape index (κ2) is 11.6. The van der Waals surface area contributed by atoms with E-state index in [-0.39, 0.29) is 24.2 Å². The summed E-state index contributed by atoms with van der Waals surface area (Å²) in [6, 6.07) is 7.80. The van der Waals surface area contributed by atoms with Crippen LogP contribution >= 0.6 is 0 Å². The van der Waals surface area contributed by atoms with Crippen molar-refractivity contribution in [1.82, 2.24) is 19.8 Å². The third-order valence-electron chi connectivity index (χ3n) is 8.25. The standard InChI is InChI=1S/C29H36FN7O2/c1-4-27(38)37-16-15-36(17-21(37)10-12-31)28-23-11-14-35(26-9-5-8-24(30)20(26)2)18-25(23)32-29(33-28)39-19-22-7-6-13-34(22)3/h4-5,8-9,21-22H,1,6-7,10-11,13-19H2,2-3H3/t21?,22-/m0/s1. The molecule has 0 N–H and O–H groups in total. The highest BCUT2D eigenvalue weighted by Gasteiger charge is 2.33. The number of fused-ring (bicyclic) bond motifs is 1. The Balaban J connectivity index is 1.46. The van der Waals surface area contributed by atoms with Gasteiger partial charge in [0.2, 0.25) is 5.91 Å². The van der Waals surface area contributed by atoms with Crippen molar-refractivity contribution in [3.05, 3.63) is 53.5 Å². The molecule has 4 heterocycles. The van der Waals surface area contributed by atoms with E-state index in [1.807, 2.05) is 6.07 Å². The van der Waals surface area contributed by atoms with Crippen LogP contribution in [0.4, 0.5) is 15.9 Å². The zero-order chi connectivity index (χ0) is 27.5. The van der Waals surface area contributed by atoms with Gasteiger partial charge < -0.3 is 24.3 Å². The number of anilines is 2. The monoisotopic (exact) mass is 533 g/mol. The summed E-state index contributed by atoms with van der Waals surface area (Å²) < 4.78 is 20.5. The van der Waals surface area contributed by atoms with E-state index in [4.69, 9.17) is 14.7 Å². The lowest BCUT2D eigenvalue weighted by molar-refractivity contribution is -0.128. The normalized spacial score (nSPS) is 21.4. The van der Waals surface area contributed by atoms with Crippen molar-refractivity contribution in [2.75, 3.05) is 56.2 Å². The van der Waals surface area contributed by atoms with Crippen molar-refractivity contribution in [1.29, 1.82) is 5.26 Å². The van der Waals surface area contributed by atoms with Crippen LogP contribution in [0.5, 0.6) is 6.01 Å². The van der Waals surface area contributed by atoms with Crippen molar-refractivity contribution in [2.45, 2.75) is 51.2 Å². The number of carbonyl (C=O) groups is 1. The van der Waals surface area contributed by atoms with E-state index in [1.165, 1.54) is 12.1 Å². The topological polar surface area (TPSA) is 88.8 Å². The van der Waals surface area contributed by atoms with E-state index in [0.717, 1.165) is 42.1 Å². The van der Waals surface area contributed by atoms with Crippen LogP contribution in [-0.2, 0) is 17.8 Å². The Hall–Kier alpha value is -3.71. The van der Waals surface area contributed by atoms with Crippen LogP contribution in [-0.4, -0.2) is 84.1 Å². The minimum atomic E-state index is -0.258. The summed E-state index contributed by atoms with van der Waals surface area (Å²) in [6.45, 7) is 9.78. The predicted molar refractivity (Wildman–Crippen MR) is 147 cm³/mol. The molecule has 0 spiro atoms. The van der Waals surface area contributed by atoms with Crippen molar-refractivity contribution >= 4 is 17.4 Å². The van der Waals surface area contributed by atoms with Gasteiger partial charge in [-0.15, -0.1) is 0 Å². The van der Waals surface area contributed by atoms with Gasteiger partial charge in [0, 0.05) is 49.0 Å². The van der Waals surface area contributed by atoms with Crippen LogP contribution in [0.2, 0.25) is 0 Å². The summed E-state index contributed by atoms with van der Waals surface area (Å²) in [5.41, 5.74) is 3.40. The highest BCUT2D eigenvalue weighted by Crippen LogP contribution is 2.34. The average Bonchev–Trinajstić information content (AvgIpc) is 3.36. The van der Waals surface area contributed by atoms with E-state index in [9.17, 15) is 14.4 Å². The molecule has 1 amide bonds. The number of hydrogen-bond acceptors (Lipinski definition) is 8. The highest BCUT2D eigenvalue weighted by molar-refractivity contribution is 5.87. The highest BCUT2D eigenvalue weighted by atomic mass is 19.1. The maximum atomic E-state index is 14.4. The first-order valence-corrected chi connectivity index (χ1v) is 13.7. The van der Waals surface area contributed by atoms with Gasteiger partial charge in [0.1, 0.15) is 18.2 Å². The van der Waals surface area contributed by atoms with Gasteiger partial charge >= 0.3 is 6.01 Å². The largest absolute Gasteiger partial charge is 0.462 e. The van der Waals surface area contributed by atoms with Crippen LogP contribution in [0.3, 0.4) is 0 Å². The first-order valence-electron chi connectivity index (χ1n) is 13.7. The maximum Gasteiger partial charge on any atom is 0.318 e. The molecule has 2 saturated heterocycles. The molecule has 39 heavy (non-hydrogen) atoms. The van der Waals surface area contributed by atoms with Gasteiger partial charge in [0.15, 0.2) is 0 Å². The number of carbonyl (C=O) groups excluding carboxylic acids is 1. The van der Waals surface area contributed by atoms with E-state index in [1.54, 1.807) is 17.9 Å². The molecule has 0 radical (unpaired) electrons. The number of likely N-dealkylation sites (tertiary alicyclic amines) is 1. The molecule has 0 aliphatic carbocycles. The quantitative estimate of drug-likeness (QED) is 0.502. The summed E-state index contributed by atoms with van der Waals surface area (Å²) in [4.78, 5) is 30.5. The lowest BCUT2D eigenvalue weighted by Crippen LogP contribution is -2.55. The fraction of sp³-hybridized carbons (Fsp3) is 0.517. The molecule has 3 aliphatic rings. The number of amides is 1. The van der Waals surface area contributed by atoms with Gasteiger partial charge in [-0.3, -0.25) is 4.79 Å². The van der Waals surface area contributed by atoms with Crippen molar-refractivity contribution in [2.24, 2.45) is 0 Å². The van der Waals surface area contributed by atoms with Crippen molar-refractivity contribution < 1.29 is 13.9 Å². The molecule has 10 heteroatoms. The zero-order valence-electron chi connectivity index (χ0n) is 22.8. The Morgan fingerprint density at radius 1 is 1.23 bits per heavy atom. The van der Waals surface area contributed by atoms with Gasteiger partial charge in [-0.05, 0) is 58.0 Å². The number of hydrogen-bond donors (Lipinski definition) is 0. The number of benzene rings is 1. The van der Waals surface area contributed by atoms with E-state index in [0.29, 0.717) is 63.4 Å². The molecule has 2 atom stereocenters. The van der Waals surface area contributed by atoms with Gasteiger partial charge in [0.25, 0.3) is 0 Å². The van der Waals surface area contributed by atoms with Gasteiger partial charge in [-0.1, -0.05) is 12.6 Å². The molecule has 9 nitrogen and oxygen atoms in total. The van der Waals surface area contributed by atoms with Crippen LogP contribution in [0.1, 0.15) is 36.1 Å². The number of aromatic nitrogens is 2. The Labute approximate surface area is 229 Å². The molecular formula is C29H36FN7O2. The maximum absolute atomic E-state index is 14.4. The molecule has 1 unspecified atom stereocenters. The molecule has 3 aliphatic heterocycles. The third-order valence-corrected chi connectivity index (χ3v) is 8.25. The second-order valence-electron chi connectivity index (χ2n) is 10.6. The van der Waals surface area contributed by atoms with Gasteiger partial charge in [0.05, 0.1) is 30.8 Å². The first-order chi connectivity index (χ1) is 18.9. The van der Waals surface area contributed by atoms with Crippen molar-refractivity contribution in [3.8, 4) is 12.1 Å². The Bertz CT molecular complexity index is 1280. The average molecular weight is 534 g/mol. The molecular weight excluding hydrogens is 497 g/mol. The molecule has 5 rings (SSSR count). The Morgan fingerprint density at radius 2 is 2.08 bits per heavy atom. The molecule has 1 aromatic heterocycles. The van der Waals surface area contributed by atoms with Crippen LogP contribution in [0, 0.1) is 24.1 Å². The van der Waals surface area contributed by atoms with E-state index >= 15 is 0 Å². The summed E-state index contributed by atoms with van der Waals surface area (Å²) in [7, 11) is 2.11. The van der Waals surface area contributed by atoms with Gasteiger partial charge in [-0.2, -0.15) is 15.2 Å². The first kappa shape index (κ1) is 26.9. The van der Waals surface area contributed by atoms with Crippen LogP contribution in [0.25, 0.3) is 0 Å². The number of nitrogens with zero attached hydrogens (tertiary/aromatic N) is 7. The Kier molecular flexibility index (Phi) is 7.98. The van der Waals surface area contributed by atoms with E-state index < -0.39 is 0 Å². The van der Waals surface area contributed by atoms with Crippen molar-refractivity contribution in [3.63, 3.8) is 0 Å². The number of rotatable bonds is 7.